The van der Waals surface area contributed by atoms with Crippen molar-refractivity contribution in [2.75, 3.05) is 0 Å². The molecule has 1 aromatic carbocycles. The quantitative estimate of drug-likeness (QED) is 0.934. The largest absolute Gasteiger partial charge is 0.308 e. The normalized spacial score (nSPS) is 11.8. The molecule has 0 amide bonds. The van der Waals surface area contributed by atoms with E-state index in [2.05, 4.69) is 31.2 Å². The molecule has 0 spiro atoms. The maximum absolute atomic E-state index is 13.2. The number of hydrogen-bond acceptors (Lipinski definition) is 2. The molecule has 1 aromatic heterocycles. The second kappa shape index (κ2) is 5.94. The Morgan fingerprint density at radius 3 is 2.80 bits per heavy atom. The molecule has 1 N–H and O–H groups in total. The van der Waals surface area contributed by atoms with Crippen LogP contribution in [0.1, 0.15) is 31.9 Å². The highest BCUT2D eigenvalue weighted by Gasteiger charge is 2.10. The summed E-state index contributed by atoms with van der Waals surface area (Å²) in [6.45, 7) is 7.56. The van der Waals surface area contributed by atoms with Gasteiger partial charge in [0.1, 0.15) is 5.82 Å². The van der Waals surface area contributed by atoms with Gasteiger partial charge in [-0.2, -0.15) is 5.10 Å². The minimum atomic E-state index is -0.286. The van der Waals surface area contributed by atoms with Crippen molar-refractivity contribution in [2.24, 2.45) is 0 Å². The van der Waals surface area contributed by atoms with Gasteiger partial charge in [-0.1, -0.05) is 11.6 Å². The number of halogens is 2. The van der Waals surface area contributed by atoms with Crippen LogP contribution in [-0.4, -0.2) is 15.3 Å². The van der Waals surface area contributed by atoms with Crippen molar-refractivity contribution in [3.63, 3.8) is 0 Å². The fraction of sp³-hybridized carbons (Fsp3) is 0.400. The SMILES string of the molecule is CC(C)(C)NCc1cnn(Cc2cc(F)ccc2Cl)c1. The summed E-state index contributed by atoms with van der Waals surface area (Å²) in [6.07, 6.45) is 3.76. The summed E-state index contributed by atoms with van der Waals surface area (Å²) in [5.74, 6) is -0.286. The third kappa shape index (κ3) is 4.32. The summed E-state index contributed by atoms with van der Waals surface area (Å²) in [5, 5.41) is 8.23. The first-order valence-electron chi connectivity index (χ1n) is 6.54. The molecule has 0 unspecified atom stereocenters. The molecule has 0 aliphatic rings. The van der Waals surface area contributed by atoms with Crippen LogP contribution < -0.4 is 5.32 Å². The van der Waals surface area contributed by atoms with Gasteiger partial charge < -0.3 is 5.32 Å². The molecule has 3 nitrogen and oxygen atoms in total. The van der Waals surface area contributed by atoms with E-state index in [4.69, 9.17) is 11.6 Å². The molecule has 1 heterocycles. The molecule has 0 saturated heterocycles. The van der Waals surface area contributed by atoms with Crippen molar-refractivity contribution in [1.29, 1.82) is 0 Å². The van der Waals surface area contributed by atoms with E-state index < -0.39 is 0 Å². The van der Waals surface area contributed by atoms with Crippen LogP contribution in [0.3, 0.4) is 0 Å². The molecule has 5 heteroatoms. The van der Waals surface area contributed by atoms with Gasteiger partial charge >= 0.3 is 0 Å². The van der Waals surface area contributed by atoms with Crippen LogP contribution in [0.25, 0.3) is 0 Å². The number of nitrogens with one attached hydrogen (secondary N) is 1. The number of aromatic nitrogens is 2. The van der Waals surface area contributed by atoms with Crippen molar-refractivity contribution in [1.82, 2.24) is 15.1 Å². The van der Waals surface area contributed by atoms with Gasteiger partial charge in [-0.3, -0.25) is 4.68 Å². The van der Waals surface area contributed by atoms with Gasteiger partial charge in [0.25, 0.3) is 0 Å². The van der Waals surface area contributed by atoms with Gasteiger partial charge in [0.05, 0.1) is 12.7 Å². The molecule has 0 saturated carbocycles. The molecule has 0 atom stereocenters. The maximum Gasteiger partial charge on any atom is 0.123 e. The zero-order valence-electron chi connectivity index (χ0n) is 12.0. The van der Waals surface area contributed by atoms with Crippen LogP contribution in [0.15, 0.2) is 30.6 Å². The predicted octanol–water partition coefficient (Wildman–Crippen LogP) is 3.61. The summed E-state index contributed by atoms with van der Waals surface area (Å²) in [4.78, 5) is 0. The van der Waals surface area contributed by atoms with Crippen molar-refractivity contribution in [3.05, 3.63) is 52.6 Å². The summed E-state index contributed by atoms with van der Waals surface area (Å²) < 4.78 is 15.0. The first-order chi connectivity index (χ1) is 9.33. The van der Waals surface area contributed by atoms with E-state index in [-0.39, 0.29) is 11.4 Å². The van der Waals surface area contributed by atoms with E-state index in [1.54, 1.807) is 10.7 Å². The van der Waals surface area contributed by atoms with Crippen molar-refractivity contribution < 1.29 is 4.39 Å². The summed E-state index contributed by atoms with van der Waals surface area (Å²) in [7, 11) is 0. The zero-order valence-corrected chi connectivity index (χ0v) is 12.7. The number of rotatable bonds is 4. The van der Waals surface area contributed by atoms with Crippen LogP contribution in [-0.2, 0) is 13.1 Å². The lowest BCUT2D eigenvalue weighted by atomic mass is 10.1. The highest BCUT2D eigenvalue weighted by molar-refractivity contribution is 6.31. The molecule has 20 heavy (non-hydrogen) atoms. The lowest BCUT2D eigenvalue weighted by Crippen LogP contribution is -2.34. The predicted molar refractivity (Wildman–Crippen MR) is 79.3 cm³/mol. The van der Waals surface area contributed by atoms with Gasteiger partial charge in [0.15, 0.2) is 0 Å². The summed E-state index contributed by atoms with van der Waals surface area (Å²) in [6, 6.07) is 4.36. The van der Waals surface area contributed by atoms with E-state index >= 15 is 0 Å². The van der Waals surface area contributed by atoms with E-state index in [0.29, 0.717) is 11.6 Å². The molecular weight excluding hydrogens is 277 g/mol. The fourth-order valence-electron chi connectivity index (χ4n) is 1.79. The highest BCUT2D eigenvalue weighted by atomic mass is 35.5. The Hall–Kier alpha value is -1.39. The Morgan fingerprint density at radius 1 is 1.35 bits per heavy atom. The van der Waals surface area contributed by atoms with Crippen molar-refractivity contribution >= 4 is 11.6 Å². The molecule has 0 aliphatic heterocycles. The van der Waals surface area contributed by atoms with Crippen LogP contribution in [0, 0.1) is 5.82 Å². The Bertz CT molecular complexity index is 587. The highest BCUT2D eigenvalue weighted by Crippen LogP contribution is 2.18. The minimum absolute atomic E-state index is 0.0635. The Kier molecular flexibility index (Phi) is 4.45. The second-order valence-electron chi connectivity index (χ2n) is 5.89. The van der Waals surface area contributed by atoms with Gasteiger partial charge in [0.2, 0.25) is 0 Å². The van der Waals surface area contributed by atoms with Crippen LogP contribution >= 0.6 is 11.6 Å². The molecular formula is C15H19ClFN3. The second-order valence-corrected chi connectivity index (χ2v) is 6.29. The average molecular weight is 296 g/mol. The summed E-state index contributed by atoms with van der Waals surface area (Å²) >= 11 is 6.05. The van der Waals surface area contributed by atoms with Crippen molar-refractivity contribution in [3.8, 4) is 0 Å². The van der Waals surface area contributed by atoms with Crippen molar-refractivity contribution in [2.45, 2.75) is 39.4 Å². The van der Waals surface area contributed by atoms with Gasteiger partial charge in [-0.15, -0.1) is 0 Å². The third-order valence-corrected chi connectivity index (χ3v) is 3.22. The van der Waals surface area contributed by atoms with Crippen LogP contribution in [0.5, 0.6) is 0 Å². The lowest BCUT2D eigenvalue weighted by molar-refractivity contribution is 0.424. The Labute approximate surface area is 123 Å². The van der Waals surface area contributed by atoms with E-state index in [1.807, 2.05) is 12.4 Å². The monoisotopic (exact) mass is 295 g/mol. The number of hydrogen-bond donors (Lipinski definition) is 1. The first kappa shape index (κ1) is 15.0. The minimum Gasteiger partial charge on any atom is -0.308 e. The maximum atomic E-state index is 13.2. The van der Waals surface area contributed by atoms with E-state index in [1.165, 1.54) is 12.1 Å². The van der Waals surface area contributed by atoms with Gasteiger partial charge in [0, 0.05) is 28.9 Å². The summed E-state index contributed by atoms with van der Waals surface area (Å²) in [5.41, 5.74) is 1.88. The number of nitrogens with zero attached hydrogens (tertiary/aromatic N) is 2. The molecule has 2 rings (SSSR count). The van der Waals surface area contributed by atoms with Crippen LogP contribution in [0.2, 0.25) is 5.02 Å². The van der Waals surface area contributed by atoms with E-state index in [9.17, 15) is 4.39 Å². The third-order valence-electron chi connectivity index (χ3n) is 2.85. The Balaban J connectivity index is 2.04. The molecule has 0 fully saturated rings. The molecule has 2 aromatic rings. The average Bonchev–Trinajstić information content (AvgIpc) is 2.78. The standard InChI is InChI=1S/C15H19ClFN3/c1-15(2,3)18-7-11-8-19-20(9-11)10-12-6-13(17)4-5-14(12)16/h4-6,8-9,18H,7,10H2,1-3H3. The van der Waals surface area contributed by atoms with Gasteiger partial charge in [-0.25, -0.2) is 4.39 Å². The first-order valence-corrected chi connectivity index (χ1v) is 6.91. The fourth-order valence-corrected chi connectivity index (χ4v) is 1.97. The number of benzene rings is 1. The zero-order chi connectivity index (χ0) is 14.8. The molecule has 108 valence electrons. The van der Waals surface area contributed by atoms with E-state index in [0.717, 1.165) is 17.7 Å². The smallest absolute Gasteiger partial charge is 0.123 e. The molecule has 0 aliphatic carbocycles. The topological polar surface area (TPSA) is 29.9 Å². The Morgan fingerprint density at radius 2 is 2.10 bits per heavy atom. The van der Waals surface area contributed by atoms with Crippen LogP contribution in [0.4, 0.5) is 4.39 Å². The lowest BCUT2D eigenvalue weighted by Gasteiger charge is -2.19. The molecule has 0 bridgehead atoms. The molecule has 0 radical (unpaired) electrons. The van der Waals surface area contributed by atoms with Gasteiger partial charge in [-0.05, 0) is 44.5 Å².